The maximum atomic E-state index is 15.8. The van der Waals surface area contributed by atoms with Gasteiger partial charge in [-0.1, -0.05) is 23.9 Å². The van der Waals surface area contributed by atoms with Crippen LogP contribution in [0.25, 0.3) is 16.8 Å². The van der Waals surface area contributed by atoms with Crippen LogP contribution in [-0.4, -0.2) is 76.2 Å². The molecule has 0 saturated carbocycles. The minimum absolute atomic E-state index is 0.0115. The second kappa shape index (κ2) is 19.4. The molecule has 15 heteroatoms. The zero-order valence-corrected chi connectivity index (χ0v) is 33.6. The molecule has 0 aliphatic carbocycles. The fourth-order valence-electron chi connectivity index (χ4n) is 6.18. The second-order valence-electron chi connectivity index (χ2n) is 12.7. The monoisotopic (exact) mass is 806 g/mol. The van der Waals surface area contributed by atoms with Gasteiger partial charge >= 0.3 is 11.9 Å². The van der Waals surface area contributed by atoms with E-state index < -0.39 is 35.4 Å². The van der Waals surface area contributed by atoms with Crippen molar-refractivity contribution in [2.45, 2.75) is 43.6 Å². The zero-order chi connectivity index (χ0) is 41.2. The SMILES string of the molecule is CCOC(=O)CC(CC(=O)OCC)N(C)c1ccc(-c2cc(F)c(CSc3ncc(N(C)c4ccc(OC)c(OC)c4)n3-c3ccc(F)c(OC)c3)c(F)c2)cc1. The molecule has 0 saturated heterocycles. The van der Waals surface area contributed by atoms with Crippen molar-refractivity contribution >= 4 is 40.9 Å². The summed E-state index contributed by atoms with van der Waals surface area (Å²) in [6.45, 7) is 3.84. The summed E-state index contributed by atoms with van der Waals surface area (Å²) in [7, 11) is 8.01. The number of anilines is 3. The molecule has 4 aromatic carbocycles. The molecule has 1 aromatic heterocycles. The molecule has 0 unspecified atom stereocenters. The third-order valence-electron chi connectivity index (χ3n) is 9.26. The number of hydrogen-bond acceptors (Lipinski definition) is 11. The lowest BCUT2D eigenvalue weighted by Crippen LogP contribution is -2.36. The number of hydrogen-bond donors (Lipinski definition) is 0. The highest BCUT2D eigenvalue weighted by atomic mass is 32.2. The molecule has 0 amide bonds. The summed E-state index contributed by atoms with van der Waals surface area (Å²) in [6, 6.07) is 18.7. The van der Waals surface area contributed by atoms with Gasteiger partial charge in [-0.05, 0) is 73.5 Å². The standard InChI is InChI=1S/C42H45F3N4O7S/c1-8-55-40(50)22-31(23-41(51)56-9-2)47(3)28-12-10-26(11-13-28)27-18-34(44)32(35(45)19-27)25-57-42-46-24-39(49(42)30-14-16-33(43)37(21-30)53-6)48(4)29-15-17-36(52-5)38(20-29)54-7/h10-21,24,31H,8-9,22-23,25H2,1-7H3. The first kappa shape index (κ1) is 42.3. The van der Waals surface area contributed by atoms with Gasteiger partial charge < -0.3 is 33.5 Å². The molecule has 57 heavy (non-hydrogen) atoms. The van der Waals surface area contributed by atoms with Gasteiger partial charge in [0.05, 0.1) is 59.3 Å². The third kappa shape index (κ3) is 9.95. The summed E-state index contributed by atoms with van der Waals surface area (Å²) < 4.78 is 74.2. The average molecular weight is 807 g/mol. The van der Waals surface area contributed by atoms with Gasteiger partial charge in [0.2, 0.25) is 0 Å². The predicted molar refractivity (Wildman–Crippen MR) is 214 cm³/mol. The maximum absolute atomic E-state index is 15.8. The Hall–Kier alpha value is -5.83. The number of rotatable bonds is 18. The minimum atomic E-state index is -0.744. The molecular weight excluding hydrogens is 762 g/mol. The van der Waals surface area contributed by atoms with Crippen LogP contribution in [0.5, 0.6) is 17.2 Å². The van der Waals surface area contributed by atoms with Crippen LogP contribution in [0.2, 0.25) is 0 Å². The molecule has 0 atom stereocenters. The molecule has 0 bridgehead atoms. The number of methoxy groups -OCH3 is 3. The summed E-state index contributed by atoms with van der Waals surface area (Å²) in [5, 5.41) is 0.387. The largest absolute Gasteiger partial charge is 0.494 e. The number of carbonyl (C=O) groups excluding carboxylic acids is 2. The molecule has 0 fully saturated rings. The van der Waals surface area contributed by atoms with E-state index >= 15 is 8.78 Å². The van der Waals surface area contributed by atoms with Crippen LogP contribution in [0.4, 0.5) is 30.4 Å². The summed E-state index contributed by atoms with van der Waals surface area (Å²) in [4.78, 5) is 32.9. The lowest BCUT2D eigenvalue weighted by molar-refractivity contribution is -0.145. The van der Waals surface area contributed by atoms with E-state index in [1.54, 1.807) is 86.1 Å². The Morgan fingerprint density at radius 3 is 1.89 bits per heavy atom. The van der Waals surface area contributed by atoms with Crippen molar-refractivity contribution in [3.05, 3.63) is 102 Å². The molecule has 0 spiro atoms. The second-order valence-corrected chi connectivity index (χ2v) is 13.6. The summed E-state index contributed by atoms with van der Waals surface area (Å²) >= 11 is 1.11. The van der Waals surface area contributed by atoms with Crippen LogP contribution in [-0.2, 0) is 24.8 Å². The van der Waals surface area contributed by atoms with Crippen LogP contribution in [0, 0.1) is 17.5 Å². The van der Waals surface area contributed by atoms with Gasteiger partial charge in [0, 0.05) is 55.0 Å². The van der Waals surface area contributed by atoms with E-state index in [-0.39, 0.29) is 43.1 Å². The van der Waals surface area contributed by atoms with Gasteiger partial charge in [-0.25, -0.2) is 18.2 Å². The van der Waals surface area contributed by atoms with Crippen molar-refractivity contribution in [1.82, 2.24) is 9.55 Å². The molecule has 0 N–H and O–H groups in total. The zero-order valence-electron chi connectivity index (χ0n) is 32.8. The van der Waals surface area contributed by atoms with E-state index in [1.807, 2.05) is 18.0 Å². The molecule has 0 aliphatic rings. The number of thioether (sulfide) groups is 1. The Bertz CT molecular complexity index is 2140. The highest BCUT2D eigenvalue weighted by molar-refractivity contribution is 7.98. The van der Waals surface area contributed by atoms with Gasteiger partial charge in [-0.15, -0.1) is 0 Å². The number of halogens is 3. The fourth-order valence-corrected chi connectivity index (χ4v) is 7.18. The van der Waals surface area contributed by atoms with E-state index in [2.05, 4.69) is 4.98 Å². The topological polar surface area (TPSA) is 105 Å². The van der Waals surface area contributed by atoms with E-state index in [0.717, 1.165) is 17.4 Å². The highest BCUT2D eigenvalue weighted by Crippen LogP contribution is 2.38. The van der Waals surface area contributed by atoms with Crippen LogP contribution < -0.4 is 24.0 Å². The number of aromatic nitrogens is 2. The quantitative estimate of drug-likeness (QED) is 0.0627. The molecule has 302 valence electrons. The number of carbonyl (C=O) groups is 2. The Balaban J connectivity index is 1.40. The Labute approximate surface area is 334 Å². The molecular formula is C42H45F3N4O7S. The summed E-state index contributed by atoms with van der Waals surface area (Å²) in [6.07, 6.45) is 1.55. The van der Waals surface area contributed by atoms with Gasteiger partial charge in [0.1, 0.15) is 17.5 Å². The summed E-state index contributed by atoms with van der Waals surface area (Å²) in [5.74, 6) is -1.40. The van der Waals surface area contributed by atoms with Crippen LogP contribution >= 0.6 is 11.8 Å². The Morgan fingerprint density at radius 2 is 1.32 bits per heavy atom. The van der Waals surface area contributed by atoms with Crippen LogP contribution in [0.1, 0.15) is 32.3 Å². The lowest BCUT2D eigenvalue weighted by Gasteiger charge is -2.29. The van der Waals surface area contributed by atoms with Crippen molar-refractivity contribution in [3.8, 4) is 34.1 Å². The van der Waals surface area contributed by atoms with Gasteiger partial charge in [-0.3, -0.25) is 14.2 Å². The minimum Gasteiger partial charge on any atom is -0.494 e. The average Bonchev–Trinajstić information content (AvgIpc) is 3.63. The van der Waals surface area contributed by atoms with Crippen molar-refractivity contribution < 1.29 is 46.4 Å². The van der Waals surface area contributed by atoms with E-state index in [0.29, 0.717) is 45.0 Å². The molecule has 11 nitrogen and oxygen atoms in total. The number of imidazole rings is 1. The normalized spacial score (nSPS) is 11.0. The van der Waals surface area contributed by atoms with Crippen LogP contribution in [0.3, 0.4) is 0 Å². The summed E-state index contributed by atoms with van der Waals surface area (Å²) in [5.41, 5.74) is 2.63. The first-order chi connectivity index (χ1) is 27.4. The lowest BCUT2D eigenvalue weighted by atomic mass is 10.0. The van der Waals surface area contributed by atoms with Crippen LogP contribution in [0.15, 0.2) is 84.1 Å². The smallest absolute Gasteiger partial charge is 0.307 e. The first-order valence-electron chi connectivity index (χ1n) is 18.0. The number of benzene rings is 4. The van der Waals surface area contributed by atoms with E-state index in [4.69, 9.17) is 23.7 Å². The van der Waals surface area contributed by atoms with E-state index in [9.17, 15) is 14.0 Å². The first-order valence-corrected chi connectivity index (χ1v) is 19.0. The van der Waals surface area contributed by atoms with Crippen molar-refractivity contribution in [3.63, 3.8) is 0 Å². The van der Waals surface area contributed by atoms with Gasteiger partial charge in [0.25, 0.3) is 0 Å². The third-order valence-corrected chi connectivity index (χ3v) is 10.2. The molecule has 1 heterocycles. The van der Waals surface area contributed by atoms with Gasteiger partial charge in [0.15, 0.2) is 28.2 Å². The molecule has 5 aromatic rings. The predicted octanol–water partition coefficient (Wildman–Crippen LogP) is 8.75. The number of ether oxygens (including phenoxy) is 5. The number of esters is 2. The van der Waals surface area contributed by atoms with Gasteiger partial charge in [-0.2, -0.15) is 0 Å². The van der Waals surface area contributed by atoms with Crippen molar-refractivity contribution in [2.24, 2.45) is 0 Å². The molecule has 0 radical (unpaired) electrons. The fraction of sp³-hybridized carbons (Fsp3) is 0.310. The molecule has 0 aliphatic heterocycles. The highest BCUT2D eigenvalue weighted by Gasteiger charge is 2.25. The van der Waals surface area contributed by atoms with E-state index in [1.165, 1.54) is 38.5 Å². The number of nitrogens with zero attached hydrogens (tertiary/aromatic N) is 4. The van der Waals surface area contributed by atoms with Crippen molar-refractivity contribution in [2.75, 3.05) is 58.4 Å². The van der Waals surface area contributed by atoms with Crippen molar-refractivity contribution in [1.29, 1.82) is 0 Å². The maximum Gasteiger partial charge on any atom is 0.307 e. The molecule has 5 rings (SSSR count). The Kier molecular flexibility index (Phi) is 14.4. The Morgan fingerprint density at radius 1 is 0.719 bits per heavy atom.